The van der Waals surface area contributed by atoms with Crippen molar-refractivity contribution in [3.05, 3.63) is 27.2 Å². The van der Waals surface area contributed by atoms with E-state index in [0.29, 0.717) is 11.7 Å². The van der Waals surface area contributed by atoms with Crippen molar-refractivity contribution in [2.45, 2.75) is 26.7 Å². The van der Waals surface area contributed by atoms with Gasteiger partial charge in [0.25, 0.3) is 0 Å². The van der Waals surface area contributed by atoms with E-state index in [0.717, 1.165) is 26.4 Å². The van der Waals surface area contributed by atoms with Crippen LogP contribution in [0.4, 0.5) is 5.82 Å². The lowest BCUT2D eigenvalue weighted by Crippen LogP contribution is -2.06. The van der Waals surface area contributed by atoms with E-state index in [1.807, 2.05) is 20.0 Å². The predicted octanol–water partition coefficient (Wildman–Crippen LogP) is 3.81. The molecule has 0 aromatic carbocycles. The average molecular weight is 357 g/mol. The number of hydrogen-bond acceptors (Lipinski definition) is 4. The molecule has 2 aromatic rings. The topological polar surface area (TPSA) is 51.0 Å². The number of anilines is 1. The second kappa shape index (κ2) is 5.26. The lowest BCUT2D eigenvalue weighted by molar-refractivity contribution is 0.574. The maximum absolute atomic E-state index is 5.47. The number of halogens is 1. The molecular weight excluding hydrogens is 341 g/mol. The van der Waals surface area contributed by atoms with Crippen molar-refractivity contribution in [2.75, 3.05) is 12.4 Å². The monoisotopic (exact) mass is 357 g/mol. The Morgan fingerprint density at radius 1 is 1.33 bits per heavy atom. The quantitative estimate of drug-likeness (QED) is 0.849. The van der Waals surface area contributed by atoms with Gasteiger partial charge in [-0.1, -0.05) is 13.8 Å². The van der Waals surface area contributed by atoms with Gasteiger partial charge in [-0.2, -0.15) is 0 Å². The zero-order chi connectivity index (χ0) is 13.3. The van der Waals surface area contributed by atoms with Crippen LogP contribution in [-0.2, 0) is 0 Å². The molecular formula is C13H16IN3O. The molecule has 0 bridgehead atoms. The Bertz CT molecular complexity index is 563. The summed E-state index contributed by atoms with van der Waals surface area (Å²) in [5.74, 6) is 2.58. The number of aromatic nitrogens is 2. The van der Waals surface area contributed by atoms with Gasteiger partial charge in [0.1, 0.15) is 5.82 Å². The highest BCUT2D eigenvalue weighted by Crippen LogP contribution is 2.29. The van der Waals surface area contributed by atoms with Crippen molar-refractivity contribution in [3.8, 4) is 11.6 Å². The summed E-state index contributed by atoms with van der Waals surface area (Å²) >= 11 is 2.28. The third-order valence-corrected chi connectivity index (χ3v) is 3.79. The summed E-state index contributed by atoms with van der Waals surface area (Å²) in [6, 6.07) is 1.92. The van der Waals surface area contributed by atoms with Crippen LogP contribution in [0, 0.1) is 10.5 Å². The molecule has 96 valence electrons. The van der Waals surface area contributed by atoms with E-state index < -0.39 is 0 Å². The summed E-state index contributed by atoms with van der Waals surface area (Å²) in [4.78, 5) is 9.14. The molecule has 5 heteroatoms. The molecule has 0 aliphatic carbocycles. The fraction of sp³-hybridized carbons (Fsp3) is 0.385. The lowest BCUT2D eigenvalue weighted by atomic mass is 10.1. The van der Waals surface area contributed by atoms with Crippen LogP contribution >= 0.6 is 22.6 Å². The smallest absolute Gasteiger partial charge is 0.198 e. The first kappa shape index (κ1) is 13.3. The largest absolute Gasteiger partial charge is 0.461 e. The highest BCUT2D eigenvalue weighted by Gasteiger charge is 2.17. The number of nitrogens with zero attached hydrogens (tertiary/aromatic N) is 2. The molecule has 4 nitrogen and oxygen atoms in total. The number of hydrogen-bond donors (Lipinski definition) is 1. The summed E-state index contributed by atoms with van der Waals surface area (Å²) in [6.45, 7) is 6.25. The van der Waals surface area contributed by atoms with E-state index in [9.17, 15) is 0 Å². The Balaban J connectivity index is 2.63. The molecule has 0 unspecified atom stereocenters. The standard InChI is InChI=1S/C13H16IN3O/c1-7(2)10-9(14)12(15-4)17-13(16-10)11-8(3)5-6-18-11/h5-7H,1-4H3,(H,15,16,17). The molecule has 18 heavy (non-hydrogen) atoms. The van der Waals surface area contributed by atoms with Gasteiger partial charge in [0, 0.05) is 7.05 Å². The van der Waals surface area contributed by atoms with E-state index in [2.05, 4.69) is 51.7 Å². The Kier molecular flexibility index (Phi) is 3.89. The molecule has 0 spiro atoms. The van der Waals surface area contributed by atoms with Crippen LogP contribution in [-0.4, -0.2) is 17.0 Å². The van der Waals surface area contributed by atoms with Gasteiger partial charge in [-0.3, -0.25) is 0 Å². The minimum Gasteiger partial charge on any atom is -0.461 e. The first-order valence-electron chi connectivity index (χ1n) is 5.84. The predicted molar refractivity (Wildman–Crippen MR) is 80.8 cm³/mol. The van der Waals surface area contributed by atoms with E-state index in [1.54, 1.807) is 6.26 Å². The summed E-state index contributed by atoms with van der Waals surface area (Å²) < 4.78 is 6.54. The number of furan rings is 1. The van der Waals surface area contributed by atoms with Gasteiger partial charge in [0.05, 0.1) is 15.5 Å². The van der Waals surface area contributed by atoms with Gasteiger partial charge in [-0.15, -0.1) is 0 Å². The molecule has 1 N–H and O–H groups in total. The highest BCUT2D eigenvalue weighted by atomic mass is 127. The first-order valence-corrected chi connectivity index (χ1v) is 6.92. The first-order chi connectivity index (χ1) is 8.54. The Labute approximate surface area is 120 Å². The summed E-state index contributed by atoms with van der Waals surface area (Å²) in [5.41, 5.74) is 2.09. The van der Waals surface area contributed by atoms with Crippen molar-refractivity contribution >= 4 is 28.4 Å². The van der Waals surface area contributed by atoms with E-state index in [1.165, 1.54) is 0 Å². The second-order valence-corrected chi connectivity index (χ2v) is 5.51. The maximum Gasteiger partial charge on any atom is 0.198 e. The third kappa shape index (κ3) is 2.36. The van der Waals surface area contributed by atoms with Crippen LogP contribution in [0.15, 0.2) is 16.7 Å². The van der Waals surface area contributed by atoms with Crippen LogP contribution in [0.2, 0.25) is 0 Å². The van der Waals surface area contributed by atoms with Gasteiger partial charge in [0.2, 0.25) is 0 Å². The van der Waals surface area contributed by atoms with Gasteiger partial charge in [-0.05, 0) is 47.1 Å². The summed E-state index contributed by atoms with van der Waals surface area (Å²) in [7, 11) is 1.87. The molecule has 0 saturated heterocycles. The zero-order valence-corrected chi connectivity index (χ0v) is 13.1. The van der Waals surface area contributed by atoms with Crippen LogP contribution in [0.5, 0.6) is 0 Å². The van der Waals surface area contributed by atoms with Crippen molar-refractivity contribution < 1.29 is 4.42 Å². The fourth-order valence-electron chi connectivity index (χ4n) is 1.72. The normalized spacial score (nSPS) is 11.0. The zero-order valence-electron chi connectivity index (χ0n) is 10.9. The Hall–Kier alpha value is -1.11. The van der Waals surface area contributed by atoms with Crippen molar-refractivity contribution in [2.24, 2.45) is 0 Å². The van der Waals surface area contributed by atoms with Crippen molar-refractivity contribution in [1.82, 2.24) is 9.97 Å². The average Bonchev–Trinajstić information content (AvgIpc) is 2.75. The van der Waals surface area contributed by atoms with E-state index in [-0.39, 0.29) is 0 Å². The van der Waals surface area contributed by atoms with Gasteiger partial charge in [-0.25, -0.2) is 9.97 Å². The number of aryl methyl sites for hydroxylation is 1. The Morgan fingerprint density at radius 3 is 2.56 bits per heavy atom. The molecule has 0 aliphatic heterocycles. The van der Waals surface area contributed by atoms with Gasteiger partial charge >= 0.3 is 0 Å². The lowest BCUT2D eigenvalue weighted by Gasteiger charge is -2.12. The van der Waals surface area contributed by atoms with Crippen LogP contribution in [0.1, 0.15) is 31.0 Å². The van der Waals surface area contributed by atoms with Gasteiger partial charge < -0.3 is 9.73 Å². The fourth-order valence-corrected chi connectivity index (χ4v) is 2.85. The molecule has 0 saturated carbocycles. The molecule has 2 rings (SSSR count). The van der Waals surface area contributed by atoms with Crippen LogP contribution < -0.4 is 5.32 Å². The maximum atomic E-state index is 5.47. The molecule has 0 fully saturated rings. The van der Waals surface area contributed by atoms with Crippen molar-refractivity contribution in [1.29, 1.82) is 0 Å². The second-order valence-electron chi connectivity index (χ2n) is 4.43. The molecule has 0 radical (unpaired) electrons. The SMILES string of the molecule is CNc1nc(-c2occc2C)nc(C(C)C)c1I. The van der Waals surface area contributed by atoms with Crippen LogP contribution in [0.25, 0.3) is 11.6 Å². The molecule has 2 heterocycles. The molecule has 2 aromatic heterocycles. The number of rotatable bonds is 3. The molecule has 0 amide bonds. The minimum atomic E-state index is 0.348. The minimum absolute atomic E-state index is 0.348. The Morgan fingerprint density at radius 2 is 2.06 bits per heavy atom. The van der Waals surface area contributed by atoms with E-state index >= 15 is 0 Å². The number of nitrogens with one attached hydrogen (secondary N) is 1. The summed E-state index contributed by atoms with van der Waals surface area (Å²) in [6.07, 6.45) is 1.67. The van der Waals surface area contributed by atoms with E-state index in [4.69, 9.17) is 4.42 Å². The van der Waals surface area contributed by atoms with Crippen LogP contribution in [0.3, 0.4) is 0 Å². The third-order valence-electron chi connectivity index (χ3n) is 2.73. The van der Waals surface area contributed by atoms with Crippen molar-refractivity contribution in [3.63, 3.8) is 0 Å². The summed E-state index contributed by atoms with van der Waals surface area (Å²) in [5, 5.41) is 3.11. The molecule has 0 aliphatic rings. The highest BCUT2D eigenvalue weighted by molar-refractivity contribution is 14.1. The molecule has 0 atom stereocenters. The van der Waals surface area contributed by atoms with Gasteiger partial charge in [0.15, 0.2) is 11.6 Å².